The first kappa shape index (κ1) is 14.6. The van der Waals surface area contributed by atoms with Crippen molar-refractivity contribution in [3.05, 3.63) is 23.7 Å². The summed E-state index contributed by atoms with van der Waals surface area (Å²) in [6.45, 7) is 8.22. The molecule has 108 valence electrons. The average molecular weight is 266 g/mol. The van der Waals surface area contributed by atoms with Gasteiger partial charge in [0.1, 0.15) is 5.76 Å². The Bertz CT molecular complexity index is 376. The van der Waals surface area contributed by atoms with Crippen LogP contribution in [0.4, 0.5) is 0 Å². The van der Waals surface area contributed by atoms with Crippen molar-refractivity contribution in [3.8, 4) is 0 Å². The summed E-state index contributed by atoms with van der Waals surface area (Å²) in [4.78, 5) is 2.41. The van der Waals surface area contributed by atoms with E-state index in [2.05, 4.69) is 30.1 Å². The van der Waals surface area contributed by atoms with Crippen LogP contribution in [0.5, 0.6) is 0 Å². The van der Waals surface area contributed by atoms with Crippen molar-refractivity contribution in [2.75, 3.05) is 20.2 Å². The molecule has 1 aromatic rings. The molecule has 1 fully saturated rings. The second-order valence-electron chi connectivity index (χ2n) is 5.69. The van der Waals surface area contributed by atoms with Gasteiger partial charge in [-0.1, -0.05) is 13.8 Å². The van der Waals surface area contributed by atoms with Gasteiger partial charge in [0.15, 0.2) is 0 Å². The zero-order chi connectivity index (χ0) is 13.7. The molecule has 0 aromatic carbocycles. The molecule has 4 nitrogen and oxygen atoms in total. The molecule has 2 rings (SSSR count). The second kappa shape index (κ2) is 7.08. The Kier molecular flexibility index (Phi) is 5.43. The lowest BCUT2D eigenvalue weighted by Gasteiger charge is -2.31. The third-order valence-electron chi connectivity index (χ3n) is 3.60. The molecular weight excluding hydrogens is 240 g/mol. The van der Waals surface area contributed by atoms with Crippen LogP contribution in [0.25, 0.3) is 0 Å². The molecule has 2 heterocycles. The SMILES string of the molecule is COC1CCCN(Cc2cc(CNC(C)C)co2)C1. The fourth-order valence-electron chi connectivity index (χ4n) is 2.49. The molecule has 0 bridgehead atoms. The lowest BCUT2D eigenvalue weighted by atomic mass is 10.1. The van der Waals surface area contributed by atoms with E-state index in [1.807, 2.05) is 6.26 Å². The summed E-state index contributed by atoms with van der Waals surface area (Å²) in [5.74, 6) is 1.05. The van der Waals surface area contributed by atoms with Gasteiger partial charge in [0, 0.05) is 31.8 Å². The normalized spacial score (nSPS) is 21.2. The van der Waals surface area contributed by atoms with Crippen LogP contribution in [0.3, 0.4) is 0 Å². The number of nitrogens with one attached hydrogen (secondary N) is 1. The predicted molar refractivity (Wildman–Crippen MR) is 76.0 cm³/mol. The number of ether oxygens (including phenoxy) is 1. The molecule has 4 heteroatoms. The van der Waals surface area contributed by atoms with Gasteiger partial charge in [0.05, 0.1) is 18.9 Å². The van der Waals surface area contributed by atoms with Crippen LogP contribution in [0.1, 0.15) is 38.0 Å². The van der Waals surface area contributed by atoms with Gasteiger partial charge in [-0.15, -0.1) is 0 Å². The fourth-order valence-corrected chi connectivity index (χ4v) is 2.49. The molecule has 0 spiro atoms. The molecule has 1 saturated heterocycles. The fraction of sp³-hybridized carbons (Fsp3) is 0.733. The number of furan rings is 1. The van der Waals surface area contributed by atoms with E-state index in [4.69, 9.17) is 9.15 Å². The lowest BCUT2D eigenvalue weighted by Crippen LogP contribution is -2.38. The van der Waals surface area contributed by atoms with Gasteiger partial charge >= 0.3 is 0 Å². The van der Waals surface area contributed by atoms with Crippen LogP contribution >= 0.6 is 0 Å². The first-order valence-electron chi connectivity index (χ1n) is 7.22. The molecule has 1 aromatic heterocycles. The Morgan fingerprint density at radius 3 is 3.11 bits per heavy atom. The quantitative estimate of drug-likeness (QED) is 0.858. The highest BCUT2D eigenvalue weighted by Gasteiger charge is 2.20. The highest BCUT2D eigenvalue weighted by molar-refractivity contribution is 5.12. The molecule has 0 aliphatic carbocycles. The predicted octanol–water partition coefficient (Wildman–Crippen LogP) is 2.39. The number of hydrogen-bond donors (Lipinski definition) is 1. The summed E-state index contributed by atoms with van der Waals surface area (Å²) >= 11 is 0. The highest BCUT2D eigenvalue weighted by Crippen LogP contribution is 2.17. The summed E-state index contributed by atoms with van der Waals surface area (Å²) < 4.78 is 11.1. The molecule has 0 radical (unpaired) electrons. The third-order valence-corrected chi connectivity index (χ3v) is 3.60. The maximum absolute atomic E-state index is 5.65. The highest BCUT2D eigenvalue weighted by atomic mass is 16.5. The minimum Gasteiger partial charge on any atom is -0.468 e. The number of hydrogen-bond acceptors (Lipinski definition) is 4. The summed E-state index contributed by atoms with van der Waals surface area (Å²) in [5, 5.41) is 3.40. The molecule has 0 amide bonds. The molecule has 1 N–H and O–H groups in total. The van der Waals surface area contributed by atoms with Gasteiger partial charge in [-0.3, -0.25) is 4.90 Å². The topological polar surface area (TPSA) is 37.6 Å². The van der Waals surface area contributed by atoms with E-state index in [1.54, 1.807) is 7.11 Å². The van der Waals surface area contributed by atoms with Crippen LogP contribution in [0.15, 0.2) is 16.7 Å². The Hall–Kier alpha value is -0.840. The number of rotatable bonds is 6. The van der Waals surface area contributed by atoms with Gasteiger partial charge in [-0.05, 0) is 25.5 Å². The first-order chi connectivity index (χ1) is 9.17. The van der Waals surface area contributed by atoms with Gasteiger partial charge < -0.3 is 14.5 Å². The number of likely N-dealkylation sites (tertiary alicyclic amines) is 1. The minimum absolute atomic E-state index is 0.380. The molecule has 0 saturated carbocycles. The van der Waals surface area contributed by atoms with E-state index in [0.29, 0.717) is 12.1 Å². The number of nitrogens with zero attached hydrogens (tertiary/aromatic N) is 1. The van der Waals surface area contributed by atoms with Crippen LogP contribution in [-0.2, 0) is 17.8 Å². The maximum Gasteiger partial charge on any atom is 0.118 e. The third kappa shape index (κ3) is 4.64. The molecule has 19 heavy (non-hydrogen) atoms. The minimum atomic E-state index is 0.380. The lowest BCUT2D eigenvalue weighted by molar-refractivity contribution is 0.0263. The van der Waals surface area contributed by atoms with E-state index in [0.717, 1.165) is 31.9 Å². The molecule has 1 atom stereocenters. The van der Waals surface area contributed by atoms with Crippen molar-refractivity contribution >= 4 is 0 Å². The van der Waals surface area contributed by atoms with Crippen molar-refractivity contribution in [1.82, 2.24) is 10.2 Å². The Labute approximate surface area is 116 Å². The monoisotopic (exact) mass is 266 g/mol. The maximum atomic E-state index is 5.65. The van der Waals surface area contributed by atoms with Crippen molar-refractivity contribution in [2.24, 2.45) is 0 Å². The van der Waals surface area contributed by atoms with Gasteiger partial charge in [0.2, 0.25) is 0 Å². The van der Waals surface area contributed by atoms with Gasteiger partial charge in [-0.25, -0.2) is 0 Å². The average Bonchev–Trinajstić information content (AvgIpc) is 2.84. The Morgan fingerprint density at radius 2 is 2.37 bits per heavy atom. The Balaban J connectivity index is 1.82. The summed E-state index contributed by atoms with van der Waals surface area (Å²) in [6, 6.07) is 2.66. The van der Waals surface area contributed by atoms with E-state index < -0.39 is 0 Å². The van der Waals surface area contributed by atoms with Crippen molar-refractivity contribution in [1.29, 1.82) is 0 Å². The van der Waals surface area contributed by atoms with E-state index >= 15 is 0 Å². The summed E-state index contributed by atoms with van der Waals surface area (Å²) in [5.41, 5.74) is 1.23. The van der Waals surface area contributed by atoms with Gasteiger partial charge in [-0.2, -0.15) is 0 Å². The van der Waals surface area contributed by atoms with Gasteiger partial charge in [0.25, 0.3) is 0 Å². The van der Waals surface area contributed by atoms with Crippen LogP contribution in [0.2, 0.25) is 0 Å². The molecule has 1 unspecified atom stereocenters. The second-order valence-corrected chi connectivity index (χ2v) is 5.69. The van der Waals surface area contributed by atoms with Crippen LogP contribution in [0, 0.1) is 0 Å². The smallest absolute Gasteiger partial charge is 0.118 e. The van der Waals surface area contributed by atoms with Crippen molar-refractivity contribution < 1.29 is 9.15 Å². The van der Waals surface area contributed by atoms with E-state index in [-0.39, 0.29) is 0 Å². The van der Waals surface area contributed by atoms with Crippen molar-refractivity contribution in [3.63, 3.8) is 0 Å². The van der Waals surface area contributed by atoms with Crippen LogP contribution < -0.4 is 5.32 Å². The standard InChI is InChI=1S/C15H26N2O2/c1-12(2)16-8-13-7-15(19-11-13)10-17-6-4-5-14(9-17)18-3/h7,11-12,14,16H,4-6,8-10H2,1-3H3. The van der Waals surface area contributed by atoms with Crippen LogP contribution in [-0.4, -0.2) is 37.2 Å². The molecule has 1 aliphatic rings. The van der Waals surface area contributed by atoms with E-state index in [1.165, 1.54) is 18.4 Å². The van der Waals surface area contributed by atoms with Crippen molar-refractivity contribution in [2.45, 2.75) is 51.9 Å². The number of methoxy groups -OCH3 is 1. The summed E-state index contributed by atoms with van der Waals surface area (Å²) in [6.07, 6.45) is 4.63. The molecule has 1 aliphatic heterocycles. The Morgan fingerprint density at radius 1 is 1.53 bits per heavy atom. The zero-order valence-electron chi connectivity index (χ0n) is 12.3. The molecular formula is C15H26N2O2. The summed E-state index contributed by atoms with van der Waals surface area (Å²) in [7, 11) is 1.80. The number of piperidine rings is 1. The largest absolute Gasteiger partial charge is 0.468 e. The van der Waals surface area contributed by atoms with E-state index in [9.17, 15) is 0 Å². The first-order valence-corrected chi connectivity index (χ1v) is 7.22. The zero-order valence-corrected chi connectivity index (χ0v) is 12.3.